The average Bonchev–Trinajstić information content (AvgIpc) is 2.82. The van der Waals surface area contributed by atoms with Gasteiger partial charge in [0.2, 0.25) is 0 Å². The van der Waals surface area contributed by atoms with E-state index in [-0.39, 0.29) is 34.9 Å². The first-order valence-corrected chi connectivity index (χ1v) is 16.7. The van der Waals surface area contributed by atoms with Crippen molar-refractivity contribution in [2.45, 2.75) is 120 Å². The molecule has 0 saturated heterocycles. The van der Waals surface area contributed by atoms with E-state index in [2.05, 4.69) is 79.7 Å². The summed E-state index contributed by atoms with van der Waals surface area (Å²) in [6.07, 6.45) is 17.5. The molecule has 0 saturated carbocycles. The molecule has 2 unspecified atom stereocenters. The Morgan fingerprint density at radius 1 is 0.579 bits per heavy atom. The lowest BCUT2D eigenvalue weighted by molar-refractivity contribution is 0.147. The highest BCUT2D eigenvalue weighted by atomic mass is 32.2. The minimum atomic E-state index is -1.14. The summed E-state index contributed by atoms with van der Waals surface area (Å²) in [7, 11) is 0. The highest BCUT2D eigenvalue weighted by Gasteiger charge is 2.35. The van der Waals surface area contributed by atoms with E-state index in [0.29, 0.717) is 12.8 Å². The number of allylic oxidation sites excluding steroid dienone is 8. The second-order valence-corrected chi connectivity index (χ2v) is 17.4. The summed E-state index contributed by atoms with van der Waals surface area (Å²) in [6, 6.07) is 0. The van der Waals surface area contributed by atoms with E-state index in [1.54, 1.807) is 0 Å². The Morgan fingerprint density at radius 2 is 0.868 bits per heavy atom. The van der Waals surface area contributed by atoms with Crippen molar-refractivity contribution in [3.05, 3.63) is 43.9 Å². The van der Waals surface area contributed by atoms with Crippen molar-refractivity contribution in [2.24, 2.45) is 21.7 Å². The summed E-state index contributed by atoms with van der Waals surface area (Å²) in [5.41, 5.74) is -0.415. The Morgan fingerprint density at radius 3 is 1.16 bits per heavy atom. The minimum Gasteiger partial charge on any atom is -0.607 e. The van der Waals surface area contributed by atoms with Gasteiger partial charge in [-0.15, -0.1) is 0 Å². The highest BCUT2D eigenvalue weighted by Crippen LogP contribution is 2.42. The second-order valence-electron chi connectivity index (χ2n) is 14.2. The number of aliphatic hydroxyl groups excluding tert-OH is 2. The first-order chi connectivity index (χ1) is 17.5. The molecule has 0 amide bonds. The van der Waals surface area contributed by atoms with Gasteiger partial charge in [-0.3, -0.25) is 0 Å². The molecule has 2 aliphatic rings. The fourth-order valence-corrected chi connectivity index (χ4v) is 8.71. The van der Waals surface area contributed by atoms with E-state index in [9.17, 15) is 19.3 Å². The van der Waals surface area contributed by atoms with Crippen LogP contribution in [-0.2, 0) is 22.4 Å². The number of hydrogen-bond acceptors (Lipinski definition) is 4. The largest absolute Gasteiger partial charge is 0.607 e. The van der Waals surface area contributed by atoms with Gasteiger partial charge in [-0.2, -0.15) is 0 Å². The predicted molar refractivity (Wildman–Crippen MR) is 164 cm³/mol. The molecule has 0 radical (unpaired) electrons. The molecule has 0 fully saturated rings. The van der Waals surface area contributed by atoms with Crippen LogP contribution < -0.4 is 0 Å². The summed E-state index contributed by atoms with van der Waals surface area (Å²) in [6.45, 7) is 17.4. The van der Waals surface area contributed by atoms with Crippen molar-refractivity contribution in [3.63, 3.8) is 0 Å². The fraction of sp³-hybridized carbons (Fsp3) is 0.750. The lowest BCUT2D eigenvalue weighted by Crippen LogP contribution is -2.22. The van der Waals surface area contributed by atoms with Crippen molar-refractivity contribution >= 4 is 22.4 Å². The topological polar surface area (TPSA) is 86.6 Å². The van der Waals surface area contributed by atoms with E-state index in [1.807, 2.05) is 0 Å². The first kappa shape index (κ1) is 33.7. The first-order valence-electron chi connectivity index (χ1n) is 14.4. The SMILES string of the molecule is CC1(C)C=C(CCCCC(C)(C)CO)[S+]([O-])C(CCC2=CC(C)(C)C=C(CCCCC(C)(C)CO)[S+]2[O-])=C1. The maximum atomic E-state index is 13.5. The summed E-state index contributed by atoms with van der Waals surface area (Å²) >= 11 is -2.27. The Bertz CT molecular complexity index is 834. The zero-order valence-electron chi connectivity index (χ0n) is 25.3. The maximum absolute atomic E-state index is 13.5. The van der Waals surface area contributed by atoms with Crippen LogP contribution >= 0.6 is 0 Å². The van der Waals surface area contributed by atoms with E-state index in [0.717, 1.165) is 71.0 Å². The lowest BCUT2D eigenvalue weighted by Gasteiger charge is -2.30. The molecular formula is C32H54O4S2. The highest BCUT2D eigenvalue weighted by molar-refractivity contribution is 7.99. The number of hydrogen-bond donors (Lipinski definition) is 2. The molecule has 2 rings (SSSR count). The molecule has 0 aromatic heterocycles. The molecule has 0 aliphatic carbocycles. The molecule has 2 heterocycles. The van der Waals surface area contributed by atoms with Gasteiger partial charge in [-0.25, -0.2) is 0 Å². The molecular weight excluding hydrogens is 512 g/mol. The molecule has 0 spiro atoms. The van der Waals surface area contributed by atoms with Gasteiger partial charge >= 0.3 is 0 Å². The molecule has 6 heteroatoms. The third-order valence-corrected chi connectivity index (χ3v) is 10.8. The summed E-state index contributed by atoms with van der Waals surface area (Å²) in [5, 5.41) is 19.0. The Balaban J connectivity index is 1.98. The number of rotatable bonds is 15. The Hall–Kier alpha value is -0.500. The molecule has 0 bridgehead atoms. The van der Waals surface area contributed by atoms with Crippen LogP contribution in [0.2, 0.25) is 0 Å². The Kier molecular flexibility index (Phi) is 12.3. The van der Waals surface area contributed by atoms with E-state index in [1.165, 1.54) is 0 Å². The third-order valence-electron chi connectivity index (χ3n) is 7.61. The zero-order chi connectivity index (χ0) is 28.8. The molecule has 218 valence electrons. The zero-order valence-corrected chi connectivity index (χ0v) is 27.0. The molecule has 4 nitrogen and oxygen atoms in total. The van der Waals surface area contributed by atoms with Crippen molar-refractivity contribution in [1.29, 1.82) is 0 Å². The van der Waals surface area contributed by atoms with Crippen LogP contribution in [0.3, 0.4) is 0 Å². The number of unbranched alkanes of at least 4 members (excludes halogenated alkanes) is 2. The van der Waals surface area contributed by atoms with E-state index in [4.69, 9.17) is 0 Å². The van der Waals surface area contributed by atoms with Gasteiger partial charge in [0.25, 0.3) is 0 Å². The van der Waals surface area contributed by atoms with Crippen molar-refractivity contribution < 1.29 is 19.3 Å². The van der Waals surface area contributed by atoms with Crippen LogP contribution in [0.15, 0.2) is 43.9 Å². The van der Waals surface area contributed by atoms with Crippen LogP contribution in [-0.4, -0.2) is 32.5 Å². The monoisotopic (exact) mass is 566 g/mol. The molecule has 2 N–H and O–H groups in total. The Labute approximate surface area is 239 Å². The van der Waals surface area contributed by atoms with Crippen molar-refractivity contribution in [1.82, 2.24) is 0 Å². The third kappa shape index (κ3) is 10.8. The normalized spacial score (nSPS) is 23.5. The standard InChI is InChI=1S/C32H54O4S2/c1-29(2,23-33)17-11-9-13-25-19-31(5,6)21-27(37(25)35)15-16-28-22-32(7,8)20-26(38(28)36)14-10-12-18-30(3,4)24-34/h19-22,33-34H,9-18,23-24H2,1-8H3. The molecule has 2 aliphatic heterocycles. The lowest BCUT2D eigenvalue weighted by atomic mass is 9.87. The molecule has 0 aromatic carbocycles. The molecule has 2 atom stereocenters. The van der Waals surface area contributed by atoms with Crippen LogP contribution in [0.4, 0.5) is 0 Å². The molecule has 38 heavy (non-hydrogen) atoms. The molecule has 0 aromatic rings. The van der Waals surface area contributed by atoms with Gasteiger partial charge in [-0.1, -0.05) is 68.2 Å². The van der Waals surface area contributed by atoms with Crippen molar-refractivity contribution in [3.8, 4) is 0 Å². The van der Waals surface area contributed by atoms with E-state index < -0.39 is 22.4 Å². The van der Waals surface area contributed by atoms with Gasteiger partial charge in [-0.05, 0) is 60.8 Å². The van der Waals surface area contributed by atoms with Gasteiger partial charge in [0.15, 0.2) is 0 Å². The smallest absolute Gasteiger partial charge is 0.132 e. The minimum absolute atomic E-state index is 0.0646. The van der Waals surface area contributed by atoms with Crippen LogP contribution in [0.5, 0.6) is 0 Å². The predicted octanol–water partition coefficient (Wildman–Crippen LogP) is 8.04. The van der Waals surface area contributed by atoms with Crippen LogP contribution in [0.1, 0.15) is 120 Å². The fourth-order valence-electron chi connectivity index (χ4n) is 5.16. The average molecular weight is 567 g/mol. The van der Waals surface area contributed by atoms with Crippen LogP contribution in [0, 0.1) is 21.7 Å². The maximum Gasteiger partial charge on any atom is 0.132 e. The summed E-state index contributed by atoms with van der Waals surface area (Å²) in [5.74, 6) is 0. The van der Waals surface area contributed by atoms with E-state index >= 15 is 0 Å². The quantitative estimate of drug-likeness (QED) is 0.155. The van der Waals surface area contributed by atoms with Gasteiger partial charge in [0.1, 0.15) is 19.6 Å². The van der Waals surface area contributed by atoms with Crippen molar-refractivity contribution in [2.75, 3.05) is 13.2 Å². The van der Waals surface area contributed by atoms with Gasteiger partial charge in [0.05, 0.1) is 0 Å². The van der Waals surface area contributed by atoms with Gasteiger partial charge in [0, 0.05) is 72.1 Å². The van der Waals surface area contributed by atoms with Crippen LogP contribution in [0.25, 0.3) is 0 Å². The summed E-state index contributed by atoms with van der Waals surface area (Å²) < 4.78 is 27.0. The second kappa shape index (κ2) is 13.9. The summed E-state index contributed by atoms with van der Waals surface area (Å²) in [4.78, 5) is 3.95. The van der Waals surface area contributed by atoms with Gasteiger partial charge < -0.3 is 19.3 Å². The number of aliphatic hydroxyl groups is 2.